The first-order valence-corrected chi connectivity index (χ1v) is 8.11. The molecular formula is C19H22N2O2. The molecule has 3 rings (SSSR count). The lowest BCUT2D eigenvalue weighted by atomic mass is 10.1. The second kappa shape index (κ2) is 7.29. The van der Waals surface area contributed by atoms with Crippen LogP contribution in [0.2, 0.25) is 0 Å². The lowest BCUT2D eigenvalue weighted by Gasteiger charge is -2.21. The number of nitrogens with one attached hydrogen (secondary N) is 1. The average molecular weight is 310 g/mol. The van der Waals surface area contributed by atoms with Gasteiger partial charge in [0.15, 0.2) is 0 Å². The third kappa shape index (κ3) is 3.90. The first-order chi connectivity index (χ1) is 11.2. The Morgan fingerprint density at radius 3 is 2.43 bits per heavy atom. The van der Waals surface area contributed by atoms with Crippen LogP contribution in [0.15, 0.2) is 54.6 Å². The van der Waals surface area contributed by atoms with Gasteiger partial charge in [-0.15, -0.1) is 0 Å². The van der Waals surface area contributed by atoms with Crippen LogP contribution in [0.5, 0.6) is 0 Å². The predicted octanol–water partition coefficient (Wildman–Crippen LogP) is 3.35. The molecule has 4 heteroatoms. The highest BCUT2D eigenvalue weighted by Gasteiger charge is 2.18. The molecule has 1 aliphatic rings. The number of aliphatic hydroxyl groups is 1. The Kier molecular flexibility index (Phi) is 4.93. The Morgan fingerprint density at radius 2 is 1.70 bits per heavy atom. The van der Waals surface area contributed by atoms with E-state index in [9.17, 15) is 9.90 Å². The van der Waals surface area contributed by atoms with Gasteiger partial charge in [0, 0.05) is 13.1 Å². The second-order valence-corrected chi connectivity index (χ2v) is 5.89. The quantitative estimate of drug-likeness (QED) is 0.890. The van der Waals surface area contributed by atoms with E-state index in [-0.39, 0.29) is 12.3 Å². The number of hydrogen-bond donors (Lipinski definition) is 2. The molecule has 1 aliphatic heterocycles. The van der Waals surface area contributed by atoms with Gasteiger partial charge in [0.2, 0.25) is 5.91 Å². The van der Waals surface area contributed by atoms with Crippen molar-refractivity contribution in [2.24, 2.45) is 0 Å². The van der Waals surface area contributed by atoms with Crippen LogP contribution in [0.4, 0.5) is 11.4 Å². The third-order valence-corrected chi connectivity index (χ3v) is 4.19. The maximum Gasteiger partial charge on any atom is 0.227 e. The lowest BCUT2D eigenvalue weighted by molar-refractivity contribution is -0.118. The molecule has 1 atom stereocenters. The largest absolute Gasteiger partial charge is 0.388 e. The van der Waals surface area contributed by atoms with Gasteiger partial charge in [-0.3, -0.25) is 4.79 Å². The summed E-state index contributed by atoms with van der Waals surface area (Å²) in [5.74, 6) is -0.173. The van der Waals surface area contributed by atoms with Gasteiger partial charge in [-0.25, -0.2) is 0 Å². The molecule has 23 heavy (non-hydrogen) atoms. The lowest BCUT2D eigenvalue weighted by Crippen LogP contribution is -2.21. The molecule has 0 bridgehead atoms. The van der Waals surface area contributed by atoms with E-state index >= 15 is 0 Å². The Bertz CT molecular complexity index is 651. The Morgan fingerprint density at radius 1 is 1.04 bits per heavy atom. The SMILES string of the molecule is O=C(CC(O)c1ccccc1)Nc1ccccc1N1CCCC1. The van der Waals surface area contributed by atoms with Gasteiger partial charge in [-0.05, 0) is 30.5 Å². The van der Waals surface area contributed by atoms with Crippen molar-refractivity contribution >= 4 is 17.3 Å². The normalized spacial score (nSPS) is 15.4. The van der Waals surface area contributed by atoms with E-state index in [1.54, 1.807) is 0 Å². The van der Waals surface area contributed by atoms with Crippen molar-refractivity contribution in [3.05, 3.63) is 60.2 Å². The fourth-order valence-corrected chi connectivity index (χ4v) is 2.98. The zero-order valence-corrected chi connectivity index (χ0v) is 13.1. The molecule has 1 unspecified atom stereocenters. The van der Waals surface area contributed by atoms with Gasteiger partial charge >= 0.3 is 0 Å². The first-order valence-electron chi connectivity index (χ1n) is 8.11. The van der Waals surface area contributed by atoms with Crippen LogP contribution in [-0.2, 0) is 4.79 Å². The van der Waals surface area contributed by atoms with E-state index in [4.69, 9.17) is 0 Å². The highest BCUT2D eigenvalue weighted by Crippen LogP contribution is 2.29. The fraction of sp³-hybridized carbons (Fsp3) is 0.316. The van der Waals surface area contributed by atoms with Crippen molar-refractivity contribution in [2.75, 3.05) is 23.3 Å². The summed E-state index contributed by atoms with van der Waals surface area (Å²) in [5.41, 5.74) is 2.64. The number of anilines is 2. The highest BCUT2D eigenvalue weighted by molar-refractivity contribution is 5.94. The minimum atomic E-state index is -0.782. The van der Waals surface area contributed by atoms with Gasteiger partial charge in [0.25, 0.3) is 0 Å². The van der Waals surface area contributed by atoms with Crippen LogP contribution in [0.3, 0.4) is 0 Å². The number of para-hydroxylation sites is 2. The van der Waals surface area contributed by atoms with Gasteiger partial charge in [-0.1, -0.05) is 42.5 Å². The van der Waals surface area contributed by atoms with Gasteiger partial charge in [-0.2, -0.15) is 0 Å². The van der Waals surface area contributed by atoms with Crippen LogP contribution in [0.1, 0.15) is 30.9 Å². The minimum Gasteiger partial charge on any atom is -0.388 e. The van der Waals surface area contributed by atoms with Gasteiger partial charge in [0.05, 0.1) is 23.9 Å². The standard InChI is InChI=1S/C19H22N2O2/c22-18(15-8-2-1-3-9-15)14-19(23)20-16-10-4-5-11-17(16)21-12-6-7-13-21/h1-5,8-11,18,22H,6-7,12-14H2,(H,20,23). The summed E-state index contributed by atoms with van der Waals surface area (Å²) in [7, 11) is 0. The number of aliphatic hydroxyl groups excluding tert-OH is 1. The number of rotatable bonds is 5. The molecule has 2 aromatic rings. The van der Waals surface area contributed by atoms with Gasteiger partial charge in [0.1, 0.15) is 0 Å². The van der Waals surface area contributed by atoms with Crippen molar-refractivity contribution < 1.29 is 9.90 Å². The number of carbonyl (C=O) groups excluding carboxylic acids is 1. The molecule has 2 N–H and O–H groups in total. The van der Waals surface area contributed by atoms with Crippen LogP contribution in [-0.4, -0.2) is 24.1 Å². The Balaban J connectivity index is 1.66. The second-order valence-electron chi connectivity index (χ2n) is 5.89. The predicted molar refractivity (Wildman–Crippen MR) is 92.5 cm³/mol. The average Bonchev–Trinajstić information content (AvgIpc) is 3.10. The Labute approximate surface area is 136 Å². The van der Waals surface area contributed by atoms with Gasteiger partial charge < -0.3 is 15.3 Å². The maximum atomic E-state index is 12.3. The zero-order valence-electron chi connectivity index (χ0n) is 13.1. The van der Waals surface area contributed by atoms with Crippen LogP contribution in [0, 0.1) is 0 Å². The van der Waals surface area contributed by atoms with Crippen LogP contribution >= 0.6 is 0 Å². The molecule has 0 aliphatic carbocycles. The molecule has 0 radical (unpaired) electrons. The number of nitrogens with zero attached hydrogens (tertiary/aromatic N) is 1. The maximum absolute atomic E-state index is 12.3. The molecule has 2 aromatic carbocycles. The smallest absolute Gasteiger partial charge is 0.227 e. The summed E-state index contributed by atoms with van der Waals surface area (Å²) in [4.78, 5) is 14.6. The van der Waals surface area contributed by atoms with Crippen LogP contribution in [0.25, 0.3) is 0 Å². The van der Waals surface area contributed by atoms with E-state index < -0.39 is 6.10 Å². The fourth-order valence-electron chi connectivity index (χ4n) is 2.98. The topological polar surface area (TPSA) is 52.6 Å². The minimum absolute atomic E-state index is 0.0539. The molecule has 0 aromatic heterocycles. The van der Waals surface area contributed by atoms with Crippen molar-refractivity contribution in [1.82, 2.24) is 0 Å². The molecule has 1 heterocycles. The Hall–Kier alpha value is -2.33. The molecule has 1 saturated heterocycles. The summed E-state index contributed by atoms with van der Waals surface area (Å²) < 4.78 is 0. The summed E-state index contributed by atoms with van der Waals surface area (Å²) in [6.07, 6.45) is 1.65. The van der Waals surface area contributed by atoms with E-state index in [0.717, 1.165) is 30.0 Å². The monoisotopic (exact) mass is 310 g/mol. The molecular weight excluding hydrogens is 288 g/mol. The van der Waals surface area contributed by atoms with Crippen molar-refractivity contribution in [1.29, 1.82) is 0 Å². The molecule has 1 fully saturated rings. The van der Waals surface area contributed by atoms with E-state index in [0.29, 0.717) is 0 Å². The molecule has 120 valence electrons. The third-order valence-electron chi connectivity index (χ3n) is 4.19. The van der Waals surface area contributed by atoms with Crippen molar-refractivity contribution in [3.8, 4) is 0 Å². The zero-order chi connectivity index (χ0) is 16.1. The summed E-state index contributed by atoms with van der Waals surface area (Å²) in [6.45, 7) is 2.05. The van der Waals surface area contributed by atoms with Crippen LogP contribution < -0.4 is 10.2 Å². The van der Waals surface area contributed by atoms with E-state index in [2.05, 4.69) is 10.2 Å². The number of benzene rings is 2. The summed E-state index contributed by atoms with van der Waals surface area (Å²) >= 11 is 0. The van der Waals surface area contributed by atoms with E-state index in [1.807, 2.05) is 54.6 Å². The van der Waals surface area contributed by atoms with E-state index in [1.165, 1.54) is 12.8 Å². The molecule has 1 amide bonds. The van der Waals surface area contributed by atoms with Crippen molar-refractivity contribution in [2.45, 2.75) is 25.4 Å². The molecule has 0 saturated carbocycles. The van der Waals surface area contributed by atoms with Crippen molar-refractivity contribution in [3.63, 3.8) is 0 Å². The molecule has 4 nitrogen and oxygen atoms in total. The molecule has 0 spiro atoms. The highest BCUT2D eigenvalue weighted by atomic mass is 16.3. The number of carbonyl (C=O) groups is 1. The first kappa shape index (κ1) is 15.6. The summed E-state index contributed by atoms with van der Waals surface area (Å²) in [6, 6.07) is 17.1. The number of hydrogen-bond acceptors (Lipinski definition) is 3. The number of amides is 1. The summed E-state index contributed by atoms with van der Waals surface area (Å²) in [5, 5.41) is 13.1.